The number of hydrogen-bond donors (Lipinski definition) is 0. The molecule has 0 spiro atoms. The maximum atomic E-state index is 5.41. The maximum absolute atomic E-state index is 5.41. The van der Waals surface area contributed by atoms with E-state index in [1.165, 1.54) is 25.7 Å². The summed E-state index contributed by atoms with van der Waals surface area (Å²) in [5, 5.41) is 0. The van der Waals surface area contributed by atoms with Crippen molar-refractivity contribution in [1.29, 1.82) is 0 Å². The van der Waals surface area contributed by atoms with Crippen LogP contribution in [0.15, 0.2) is 0 Å². The molecule has 0 radical (unpaired) electrons. The number of thioether (sulfide) groups is 1. The minimum Gasteiger partial charge on any atom is -0.372 e. The van der Waals surface area contributed by atoms with Crippen LogP contribution in [-0.4, -0.2) is 40.8 Å². The molecule has 1 unspecified atom stereocenters. The lowest BCUT2D eigenvalue weighted by molar-refractivity contribution is 0.425. The fourth-order valence-corrected chi connectivity index (χ4v) is 2.95. The Hall–Kier alpha value is 0.200. The van der Waals surface area contributed by atoms with Crippen molar-refractivity contribution in [3.8, 4) is 0 Å². The van der Waals surface area contributed by atoms with Crippen molar-refractivity contribution in [3.05, 3.63) is 0 Å². The van der Waals surface area contributed by atoms with Gasteiger partial charge in [0.25, 0.3) is 0 Å². The summed E-state index contributed by atoms with van der Waals surface area (Å²) < 4.78 is 6.26. The molecule has 0 aromatic heterocycles. The number of nitrogens with zero attached hydrogens (tertiary/aromatic N) is 1. The van der Waals surface area contributed by atoms with Crippen LogP contribution in [0.4, 0.5) is 0 Å². The van der Waals surface area contributed by atoms with Crippen LogP contribution < -0.4 is 0 Å². The van der Waals surface area contributed by atoms with Crippen LogP contribution in [0.3, 0.4) is 0 Å². The summed E-state index contributed by atoms with van der Waals surface area (Å²) in [6.07, 6.45) is 5.84. The van der Waals surface area contributed by atoms with Crippen molar-refractivity contribution in [2.75, 3.05) is 25.4 Å². The van der Waals surface area contributed by atoms with E-state index in [0.717, 1.165) is 29.8 Å². The summed E-state index contributed by atoms with van der Waals surface area (Å²) in [6.45, 7) is 3.27. The summed E-state index contributed by atoms with van der Waals surface area (Å²) in [5.41, 5.74) is 0. The summed E-state index contributed by atoms with van der Waals surface area (Å²) >= 11 is 7.21. The standard InChI is InChI=1S/C10H17NOS2/c13-10(14-8-9-7-12-9)11-5-3-1-2-4-6-11/h9H,1-8H2. The molecule has 2 aliphatic rings. The van der Waals surface area contributed by atoms with E-state index in [4.69, 9.17) is 17.0 Å². The zero-order valence-electron chi connectivity index (χ0n) is 8.41. The SMILES string of the molecule is S=C(SCC1CO1)N1CCCCCC1. The Labute approximate surface area is 95.4 Å². The number of rotatable bonds is 2. The molecule has 2 aliphatic heterocycles. The lowest BCUT2D eigenvalue weighted by Crippen LogP contribution is -2.28. The van der Waals surface area contributed by atoms with Crippen LogP contribution in [0.2, 0.25) is 0 Å². The van der Waals surface area contributed by atoms with Crippen LogP contribution in [0, 0.1) is 0 Å². The van der Waals surface area contributed by atoms with Gasteiger partial charge in [0.1, 0.15) is 4.32 Å². The average molecular weight is 231 g/mol. The molecule has 80 valence electrons. The summed E-state index contributed by atoms with van der Waals surface area (Å²) in [7, 11) is 0. The number of likely N-dealkylation sites (tertiary alicyclic amines) is 1. The van der Waals surface area contributed by atoms with Crippen molar-refractivity contribution < 1.29 is 4.74 Å². The van der Waals surface area contributed by atoms with Gasteiger partial charge in [-0.05, 0) is 12.8 Å². The monoisotopic (exact) mass is 231 g/mol. The third-order valence-corrected chi connectivity index (χ3v) is 4.31. The normalized spacial score (nSPS) is 27.1. The second-order valence-corrected chi connectivity index (χ2v) is 5.59. The van der Waals surface area contributed by atoms with Gasteiger partial charge in [0.15, 0.2) is 0 Å². The molecule has 0 aliphatic carbocycles. The molecular weight excluding hydrogens is 214 g/mol. The van der Waals surface area contributed by atoms with Crippen LogP contribution in [0.5, 0.6) is 0 Å². The van der Waals surface area contributed by atoms with Crippen molar-refractivity contribution in [2.24, 2.45) is 0 Å². The number of epoxide rings is 1. The number of hydrogen-bond acceptors (Lipinski definition) is 3. The number of thiocarbonyl (C=S) groups is 1. The summed E-state index contributed by atoms with van der Waals surface area (Å²) in [4.78, 5) is 2.37. The van der Waals surface area contributed by atoms with Crippen LogP contribution in [0.25, 0.3) is 0 Å². The van der Waals surface area contributed by atoms with E-state index in [1.807, 2.05) is 0 Å². The second-order valence-electron chi connectivity index (χ2n) is 3.93. The van der Waals surface area contributed by atoms with Crippen molar-refractivity contribution in [2.45, 2.75) is 31.8 Å². The van der Waals surface area contributed by atoms with E-state index in [1.54, 1.807) is 11.8 Å². The Morgan fingerprint density at radius 3 is 2.50 bits per heavy atom. The Bertz CT molecular complexity index is 198. The van der Waals surface area contributed by atoms with Gasteiger partial charge in [-0.2, -0.15) is 0 Å². The van der Waals surface area contributed by atoms with E-state index >= 15 is 0 Å². The van der Waals surface area contributed by atoms with Gasteiger partial charge in [0.2, 0.25) is 0 Å². The quantitative estimate of drug-likeness (QED) is 0.535. The lowest BCUT2D eigenvalue weighted by atomic mass is 10.2. The molecule has 0 saturated carbocycles. The van der Waals surface area contributed by atoms with E-state index < -0.39 is 0 Å². The first-order chi connectivity index (χ1) is 6.86. The zero-order valence-corrected chi connectivity index (χ0v) is 10.0. The summed E-state index contributed by atoms with van der Waals surface area (Å²) in [5.74, 6) is 1.05. The molecule has 1 atom stereocenters. The van der Waals surface area contributed by atoms with E-state index in [2.05, 4.69) is 4.90 Å². The van der Waals surface area contributed by atoms with Gasteiger partial charge >= 0.3 is 0 Å². The Balaban J connectivity index is 1.70. The lowest BCUT2D eigenvalue weighted by Gasteiger charge is -2.22. The highest BCUT2D eigenvalue weighted by molar-refractivity contribution is 8.22. The molecule has 0 aromatic carbocycles. The fourth-order valence-electron chi connectivity index (χ4n) is 1.67. The van der Waals surface area contributed by atoms with E-state index in [0.29, 0.717) is 6.10 Å². The predicted molar refractivity (Wildman–Crippen MR) is 64.8 cm³/mol. The fraction of sp³-hybridized carbons (Fsp3) is 0.900. The van der Waals surface area contributed by atoms with Gasteiger partial charge in [-0.1, -0.05) is 36.8 Å². The third-order valence-electron chi connectivity index (χ3n) is 2.66. The minimum absolute atomic E-state index is 0.491. The van der Waals surface area contributed by atoms with Crippen LogP contribution in [0.1, 0.15) is 25.7 Å². The van der Waals surface area contributed by atoms with Gasteiger partial charge in [0, 0.05) is 18.8 Å². The molecule has 2 saturated heterocycles. The Kier molecular flexibility index (Phi) is 4.08. The van der Waals surface area contributed by atoms with Crippen LogP contribution in [-0.2, 0) is 4.74 Å². The first-order valence-electron chi connectivity index (χ1n) is 5.39. The van der Waals surface area contributed by atoms with Crippen LogP contribution >= 0.6 is 24.0 Å². The highest BCUT2D eigenvalue weighted by atomic mass is 32.2. The van der Waals surface area contributed by atoms with E-state index in [9.17, 15) is 0 Å². The molecule has 0 bridgehead atoms. The minimum atomic E-state index is 0.491. The molecule has 2 rings (SSSR count). The maximum Gasteiger partial charge on any atom is 0.136 e. The molecule has 0 aromatic rings. The first-order valence-corrected chi connectivity index (χ1v) is 6.79. The highest BCUT2D eigenvalue weighted by Gasteiger charge is 2.23. The van der Waals surface area contributed by atoms with Crippen molar-refractivity contribution >= 4 is 28.3 Å². The van der Waals surface area contributed by atoms with Gasteiger partial charge in [-0.3, -0.25) is 0 Å². The average Bonchev–Trinajstić information content (AvgIpc) is 3.01. The largest absolute Gasteiger partial charge is 0.372 e. The first kappa shape index (κ1) is 10.7. The van der Waals surface area contributed by atoms with Crippen molar-refractivity contribution in [1.82, 2.24) is 4.90 Å². The molecular formula is C10H17NOS2. The Morgan fingerprint density at radius 1 is 1.29 bits per heavy atom. The number of ether oxygens (including phenoxy) is 1. The molecule has 2 fully saturated rings. The molecule has 2 heterocycles. The Morgan fingerprint density at radius 2 is 1.93 bits per heavy atom. The second kappa shape index (κ2) is 5.33. The zero-order chi connectivity index (χ0) is 9.80. The predicted octanol–water partition coefficient (Wildman–Crippen LogP) is 2.28. The van der Waals surface area contributed by atoms with Gasteiger partial charge in [-0.25, -0.2) is 0 Å². The molecule has 14 heavy (non-hydrogen) atoms. The van der Waals surface area contributed by atoms with Crippen molar-refractivity contribution in [3.63, 3.8) is 0 Å². The smallest absolute Gasteiger partial charge is 0.136 e. The van der Waals surface area contributed by atoms with Gasteiger partial charge < -0.3 is 9.64 Å². The van der Waals surface area contributed by atoms with Gasteiger partial charge in [-0.15, -0.1) is 0 Å². The topological polar surface area (TPSA) is 15.8 Å². The molecule has 0 amide bonds. The molecule has 0 N–H and O–H groups in total. The highest BCUT2D eigenvalue weighted by Crippen LogP contribution is 2.21. The molecule has 2 nitrogen and oxygen atoms in total. The third kappa shape index (κ3) is 3.41. The summed E-state index contributed by atoms with van der Waals surface area (Å²) in [6, 6.07) is 0. The molecule has 4 heteroatoms. The van der Waals surface area contributed by atoms with E-state index in [-0.39, 0.29) is 0 Å². The van der Waals surface area contributed by atoms with Gasteiger partial charge in [0.05, 0.1) is 12.7 Å².